The largest absolute Gasteiger partial charge is 0.349 e. The second kappa shape index (κ2) is 6.80. The van der Waals surface area contributed by atoms with Crippen LogP contribution < -0.4 is 10.7 Å². The van der Waals surface area contributed by atoms with Crippen LogP contribution in [0.2, 0.25) is 0 Å². The van der Waals surface area contributed by atoms with Gasteiger partial charge in [0.15, 0.2) is 5.43 Å². The highest BCUT2D eigenvalue weighted by Gasteiger charge is 2.12. The average molecular weight is 343 g/mol. The first kappa shape index (κ1) is 16.0. The molecule has 0 spiro atoms. The molecule has 0 aliphatic carbocycles. The first-order valence-electron chi connectivity index (χ1n) is 8.41. The smallest absolute Gasteiger partial charge is 0.240 e. The summed E-state index contributed by atoms with van der Waals surface area (Å²) in [5.41, 5.74) is 2.30. The number of nitrogens with one attached hydrogen (secondary N) is 1. The van der Waals surface area contributed by atoms with Crippen LogP contribution in [0.3, 0.4) is 0 Å². The van der Waals surface area contributed by atoms with Crippen molar-refractivity contribution in [3.8, 4) is 0 Å². The third-order valence-corrected chi connectivity index (χ3v) is 4.37. The van der Waals surface area contributed by atoms with E-state index >= 15 is 0 Å². The summed E-state index contributed by atoms with van der Waals surface area (Å²) >= 11 is 0. The van der Waals surface area contributed by atoms with E-state index in [9.17, 15) is 9.59 Å². The van der Waals surface area contributed by atoms with E-state index in [0.29, 0.717) is 17.3 Å². The summed E-state index contributed by atoms with van der Waals surface area (Å²) in [5, 5.41) is 4.12. The molecule has 2 aromatic carbocycles. The molecule has 128 valence electrons. The molecule has 1 N–H and O–H groups in total. The molecule has 0 aliphatic heterocycles. The lowest BCUT2D eigenvalue weighted by Crippen LogP contribution is -2.28. The summed E-state index contributed by atoms with van der Waals surface area (Å²) in [6.07, 6.45) is 1.70. The van der Waals surface area contributed by atoms with E-state index in [0.717, 1.165) is 16.7 Å². The van der Waals surface area contributed by atoms with E-state index in [1.165, 1.54) is 0 Å². The predicted octanol–water partition coefficient (Wildman–Crippen LogP) is 2.87. The molecule has 1 amide bonds. The van der Waals surface area contributed by atoms with Crippen molar-refractivity contribution in [2.75, 3.05) is 0 Å². The number of nitrogens with zero attached hydrogens (tertiary/aromatic N) is 2. The van der Waals surface area contributed by atoms with Crippen LogP contribution in [0.15, 0.2) is 77.7 Å². The first-order valence-corrected chi connectivity index (χ1v) is 8.41. The van der Waals surface area contributed by atoms with E-state index in [2.05, 4.69) is 10.3 Å². The number of benzene rings is 2. The van der Waals surface area contributed by atoms with Crippen molar-refractivity contribution in [2.45, 2.75) is 13.1 Å². The lowest BCUT2D eigenvalue weighted by molar-refractivity contribution is -0.121. The standard InChI is InChI=1S/C21H17N3O2/c25-20(23-13-15-7-5-6-12-22-15)14-24-18-10-3-1-8-16(18)21(26)17-9-2-4-11-19(17)24/h1-12H,13-14H2,(H,23,25). The number of amides is 1. The Hall–Kier alpha value is -3.47. The lowest BCUT2D eigenvalue weighted by atomic mass is 10.1. The predicted molar refractivity (Wildman–Crippen MR) is 102 cm³/mol. The van der Waals surface area contributed by atoms with Crippen molar-refractivity contribution in [3.63, 3.8) is 0 Å². The van der Waals surface area contributed by atoms with Gasteiger partial charge in [-0.1, -0.05) is 30.3 Å². The van der Waals surface area contributed by atoms with Gasteiger partial charge in [0.2, 0.25) is 5.91 Å². The number of hydrogen-bond donors (Lipinski definition) is 1. The van der Waals surface area contributed by atoms with Gasteiger partial charge in [-0.2, -0.15) is 0 Å². The Morgan fingerprint density at radius 3 is 2.12 bits per heavy atom. The molecule has 0 saturated carbocycles. The summed E-state index contributed by atoms with van der Waals surface area (Å²) in [6.45, 7) is 0.504. The van der Waals surface area contributed by atoms with Crippen LogP contribution in [0.1, 0.15) is 5.69 Å². The molecule has 0 unspecified atom stereocenters. The van der Waals surface area contributed by atoms with Gasteiger partial charge in [0.1, 0.15) is 6.54 Å². The Balaban J connectivity index is 1.72. The molecule has 2 aromatic heterocycles. The highest BCUT2D eigenvalue weighted by atomic mass is 16.2. The summed E-state index contributed by atoms with van der Waals surface area (Å²) in [4.78, 5) is 29.4. The van der Waals surface area contributed by atoms with Gasteiger partial charge in [-0.3, -0.25) is 14.6 Å². The van der Waals surface area contributed by atoms with Crippen LogP contribution >= 0.6 is 0 Å². The van der Waals surface area contributed by atoms with Crippen LogP contribution in [0.25, 0.3) is 21.8 Å². The molecule has 26 heavy (non-hydrogen) atoms. The highest BCUT2D eigenvalue weighted by Crippen LogP contribution is 2.18. The number of fused-ring (bicyclic) bond motifs is 2. The number of pyridine rings is 2. The van der Waals surface area contributed by atoms with Crippen molar-refractivity contribution in [1.82, 2.24) is 14.9 Å². The molecule has 5 nitrogen and oxygen atoms in total. The Labute approximate surface area is 149 Å². The first-order chi connectivity index (χ1) is 12.7. The Kier molecular flexibility index (Phi) is 4.19. The monoisotopic (exact) mass is 343 g/mol. The molecular weight excluding hydrogens is 326 g/mol. The molecule has 0 atom stereocenters. The third kappa shape index (κ3) is 2.95. The fourth-order valence-corrected chi connectivity index (χ4v) is 3.14. The zero-order valence-corrected chi connectivity index (χ0v) is 14.1. The molecule has 0 bridgehead atoms. The SMILES string of the molecule is O=C(Cn1c2ccccc2c(=O)c2ccccc21)NCc1ccccn1. The van der Waals surface area contributed by atoms with E-state index in [1.807, 2.05) is 59.2 Å². The maximum Gasteiger partial charge on any atom is 0.240 e. The molecule has 0 aliphatic rings. The van der Waals surface area contributed by atoms with E-state index in [1.54, 1.807) is 18.3 Å². The minimum absolute atomic E-state index is 0.0126. The minimum atomic E-state index is -0.130. The maximum atomic E-state index is 12.7. The van der Waals surface area contributed by atoms with Crippen molar-refractivity contribution < 1.29 is 4.79 Å². The molecule has 4 aromatic rings. The molecular formula is C21H17N3O2. The van der Waals surface area contributed by atoms with Gasteiger partial charge in [-0.05, 0) is 36.4 Å². The van der Waals surface area contributed by atoms with Crippen LogP contribution in [0, 0.1) is 0 Å². The Bertz CT molecular complexity index is 1090. The van der Waals surface area contributed by atoms with Gasteiger partial charge in [-0.25, -0.2) is 0 Å². The van der Waals surface area contributed by atoms with Crippen molar-refractivity contribution in [2.24, 2.45) is 0 Å². The van der Waals surface area contributed by atoms with E-state index in [4.69, 9.17) is 0 Å². The van der Waals surface area contributed by atoms with Crippen LogP contribution in [-0.4, -0.2) is 15.5 Å². The van der Waals surface area contributed by atoms with Crippen LogP contribution in [-0.2, 0) is 17.9 Å². The fourth-order valence-electron chi connectivity index (χ4n) is 3.14. The van der Waals surface area contributed by atoms with Crippen molar-refractivity contribution in [1.29, 1.82) is 0 Å². The van der Waals surface area contributed by atoms with Gasteiger partial charge in [0.05, 0.1) is 23.3 Å². The van der Waals surface area contributed by atoms with Gasteiger partial charge < -0.3 is 9.88 Å². The van der Waals surface area contributed by atoms with Crippen LogP contribution in [0.4, 0.5) is 0 Å². The summed E-state index contributed by atoms with van der Waals surface area (Å²) in [5.74, 6) is -0.130. The van der Waals surface area contributed by atoms with Gasteiger partial charge >= 0.3 is 0 Å². The van der Waals surface area contributed by atoms with E-state index < -0.39 is 0 Å². The van der Waals surface area contributed by atoms with Gasteiger partial charge in [-0.15, -0.1) is 0 Å². The molecule has 5 heteroatoms. The molecule has 0 saturated heterocycles. The molecule has 0 radical (unpaired) electrons. The minimum Gasteiger partial charge on any atom is -0.349 e. The normalized spacial score (nSPS) is 10.9. The van der Waals surface area contributed by atoms with Crippen molar-refractivity contribution >= 4 is 27.7 Å². The highest BCUT2D eigenvalue weighted by molar-refractivity contribution is 5.94. The fraction of sp³-hybridized carbons (Fsp3) is 0.0952. The molecule has 0 fully saturated rings. The Morgan fingerprint density at radius 1 is 0.885 bits per heavy atom. The van der Waals surface area contributed by atoms with Crippen LogP contribution in [0.5, 0.6) is 0 Å². The van der Waals surface area contributed by atoms with E-state index in [-0.39, 0.29) is 17.9 Å². The number of para-hydroxylation sites is 2. The lowest BCUT2D eigenvalue weighted by Gasteiger charge is -2.15. The second-order valence-electron chi connectivity index (χ2n) is 6.05. The average Bonchev–Trinajstić information content (AvgIpc) is 2.70. The quantitative estimate of drug-likeness (QED) is 0.580. The summed E-state index contributed by atoms with van der Waals surface area (Å²) in [6, 6.07) is 20.3. The maximum absolute atomic E-state index is 12.7. The zero-order valence-electron chi connectivity index (χ0n) is 14.1. The number of rotatable bonds is 4. The van der Waals surface area contributed by atoms with Gasteiger partial charge in [0.25, 0.3) is 0 Å². The summed E-state index contributed by atoms with van der Waals surface area (Å²) in [7, 11) is 0. The molecule has 2 heterocycles. The number of carbonyl (C=O) groups is 1. The summed E-state index contributed by atoms with van der Waals surface area (Å²) < 4.78 is 1.89. The Morgan fingerprint density at radius 2 is 1.50 bits per heavy atom. The third-order valence-electron chi connectivity index (χ3n) is 4.37. The topological polar surface area (TPSA) is 64.0 Å². The number of hydrogen-bond acceptors (Lipinski definition) is 3. The van der Waals surface area contributed by atoms with Crippen molar-refractivity contribution in [3.05, 3.63) is 88.8 Å². The number of aromatic nitrogens is 2. The van der Waals surface area contributed by atoms with Gasteiger partial charge in [0, 0.05) is 17.0 Å². The second-order valence-corrected chi connectivity index (χ2v) is 6.05. The number of carbonyl (C=O) groups excluding carboxylic acids is 1. The zero-order chi connectivity index (χ0) is 17.9. The molecule has 4 rings (SSSR count).